The lowest BCUT2D eigenvalue weighted by Gasteiger charge is -2.22. The van der Waals surface area contributed by atoms with E-state index in [2.05, 4.69) is 29.6 Å². The number of anilines is 1. The van der Waals surface area contributed by atoms with Gasteiger partial charge in [0.25, 0.3) is 0 Å². The van der Waals surface area contributed by atoms with Gasteiger partial charge in [0.2, 0.25) is 5.91 Å². The van der Waals surface area contributed by atoms with E-state index in [-0.39, 0.29) is 30.4 Å². The number of aromatic carboxylic acids is 1. The zero-order valence-corrected chi connectivity index (χ0v) is 19.7. The van der Waals surface area contributed by atoms with Crippen molar-refractivity contribution in [3.8, 4) is 11.1 Å². The number of amides is 2. The van der Waals surface area contributed by atoms with Crippen molar-refractivity contribution in [1.82, 2.24) is 5.32 Å². The van der Waals surface area contributed by atoms with Crippen LogP contribution >= 0.6 is 0 Å². The molecule has 0 spiro atoms. The third kappa shape index (κ3) is 5.19. The Balaban J connectivity index is 1.36. The summed E-state index contributed by atoms with van der Waals surface area (Å²) in [5, 5.41) is 12.0. The first-order valence-electron chi connectivity index (χ1n) is 11.6. The Hall–Kier alpha value is -4.13. The number of benzene rings is 3. The van der Waals surface area contributed by atoms with Gasteiger partial charge < -0.3 is 20.1 Å². The minimum atomic E-state index is -1.06. The van der Waals surface area contributed by atoms with Crippen LogP contribution in [0, 0.1) is 0 Å². The molecule has 0 bridgehead atoms. The molecular weight excluding hydrogens is 444 g/mol. The van der Waals surface area contributed by atoms with E-state index >= 15 is 0 Å². The van der Waals surface area contributed by atoms with Crippen molar-refractivity contribution in [2.24, 2.45) is 0 Å². The second-order valence-corrected chi connectivity index (χ2v) is 8.59. The Kier molecular flexibility index (Phi) is 7.15. The molecule has 1 aliphatic rings. The molecule has 0 aromatic heterocycles. The first-order chi connectivity index (χ1) is 16.9. The molecule has 0 fully saturated rings. The summed E-state index contributed by atoms with van der Waals surface area (Å²) in [4.78, 5) is 38.0. The lowest BCUT2D eigenvalue weighted by atomic mass is 9.98. The molecule has 1 unspecified atom stereocenters. The summed E-state index contributed by atoms with van der Waals surface area (Å²) in [6.07, 6.45) is 0.0370. The van der Waals surface area contributed by atoms with E-state index in [1.165, 1.54) is 17.0 Å². The molecule has 2 N–H and O–H groups in total. The highest BCUT2D eigenvalue weighted by Crippen LogP contribution is 2.44. The van der Waals surface area contributed by atoms with Gasteiger partial charge in [-0.3, -0.25) is 4.79 Å². The van der Waals surface area contributed by atoms with Crippen molar-refractivity contribution >= 4 is 23.7 Å². The summed E-state index contributed by atoms with van der Waals surface area (Å²) in [5.74, 6) is -1.34. The van der Waals surface area contributed by atoms with Crippen molar-refractivity contribution in [1.29, 1.82) is 0 Å². The van der Waals surface area contributed by atoms with Gasteiger partial charge in [-0.15, -0.1) is 0 Å². The molecule has 7 nitrogen and oxygen atoms in total. The van der Waals surface area contributed by atoms with Crippen LogP contribution in [0.5, 0.6) is 0 Å². The van der Waals surface area contributed by atoms with Gasteiger partial charge in [0.1, 0.15) is 6.61 Å². The highest BCUT2D eigenvalue weighted by Gasteiger charge is 2.29. The smallest absolute Gasteiger partial charge is 0.407 e. The molecule has 180 valence electrons. The van der Waals surface area contributed by atoms with Crippen LogP contribution in [-0.2, 0) is 9.53 Å². The number of hydrogen-bond donors (Lipinski definition) is 2. The summed E-state index contributed by atoms with van der Waals surface area (Å²) >= 11 is 0. The third-order valence-corrected chi connectivity index (χ3v) is 6.43. The number of hydrogen-bond acceptors (Lipinski definition) is 4. The molecule has 0 radical (unpaired) electrons. The fourth-order valence-corrected chi connectivity index (χ4v) is 4.44. The fourth-order valence-electron chi connectivity index (χ4n) is 4.44. The number of nitrogens with zero attached hydrogens (tertiary/aromatic N) is 1. The Bertz CT molecular complexity index is 1210. The lowest BCUT2D eigenvalue weighted by Crippen LogP contribution is -2.40. The molecule has 3 aromatic carbocycles. The molecule has 0 heterocycles. The van der Waals surface area contributed by atoms with Crippen molar-refractivity contribution in [3.05, 3.63) is 89.5 Å². The van der Waals surface area contributed by atoms with E-state index < -0.39 is 18.1 Å². The van der Waals surface area contributed by atoms with Gasteiger partial charge in [0, 0.05) is 31.1 Å². The minimum Gasteiger partial charge on any atom is -0.478 e. The highest BCUT2D eigenvalue weighted by atomic mass is 16.5. The monoisotopic (exact) mass is 472 g/mol. The van der Waals surface area contributed by atoms with Crippen LogP contribution in [0.4, 0.5) is 10.5 Å². The van der Waals surface area contributed by atoms with Crippen LogP contribution < -0.4 is 10.2 Å². The average Bonchev–Trinajstić information content (AvgIpc) is 3.20. The normalized spacial score (nSPS) is 12.9. The number of carboxylic acid groups (broad SMARTS) is 1. The standard InChI is InChI=1S/C28H28N2O5/c1-3-19(16-26(31)30(2)20-10-8-9-18(15-20)27(32)33)29-28(34)35-17-25-23-13-6-4-11-21(23)22-12-5-7-14-24(22)25/h4-15,19,25H,3,16-17H2,1-2H3,(H,29,34)(H,32,33). The van der Waals surface area contributed by atoms with Crippen LogP contribution in [0.2, 0.25) is 0 Å². The molecule has 2 amide bonds. The first kappa shape index (κ1) is 24.0. The molecule has 35 heavy (non-hydrogen) atoms. The number of ether oxygens (including phenoxy) is 1. The van der Waals surface area contributed by atoms with Gasteiger partial charge in [-0.25, -0.2) is 9.59 Å². The van der Waals surface area contributed by atoms with E-state index in [9.17, 15) is 19.5 Å². The Labute approximate surface area is 204 Å². The number of carbonyl (C=O) groups is 3. The van der Waals surface area contributed by atoms with Crippen LogP contribution in [0.1, 0.15) is 47.2 Å². The van der Waals surface area contributed by atoms with Gasteiger partial charge in [-0.05, 0) is 46.9 Å². The molecule has 1 atom stereocenters. The van der Waals surface area contributed by atoms with Gasteiger partial charge in [0.15, 0.2) is 0 Å². The average molecular weight is 473 g/mol. The van der Waals surface area contributed by atoms with Gasteiger partial charge in [-0.2, -0.15) is 0 Å². The molecule has 0 aliphatic heterocycles. The molecule has 0 saturated carbocycles. The zero-order valence-electron chi connectivity index (χ0n) is 19.7. The van der Waals surface area contributed by atoms with Gasteiger partial charge in [-0.1, -0.05) is 61.5 Å². The summed E-state index contributed by atoms with van der Waals surface area (Å²) in [6, 6.07) is 22.0. The molecule has 0 saturated heterocycles. The number of alkyl carbamates (subject to hydrolysis) is 1. The number of carbonyl (C=O) groups excluding carboxylic acids is 2. The van der Waals surface area contributed by atoms with E-state index in [4.69, 9.17) is 4.74 Å². The quantitative estimate of drug-likeness (QED) is 0.478. The molecule has 3 aromatic rings. The fraction of sp³-hybridized carbons (Fsp3) is 0.250. The van der Waals surface area contributed by atoms with Gasteiger partial charge >= 0.3 is 12.1 Å². The highest BCUT2D eigenvalue weighted by molar-refractivity contribution is 5.95. The number of fused-ring (bicyclic) bond motifs is 3. The van der Waals surface area contributed by atoms with Crippen molar-refractivity contribution < 1.29 is 24.2 Å². The molecular formula is C28H28N2O5. The number of nitrogens with one attached hydrogen (secondary N) is 1. The maximum atomic E-state index is 12.8. The first-order valence-corrected chi connectivity index (χ1v) is 11.6. The minimum absolute atomic E-state index is 0.0393. The summed E-state index contributed by atoms with van der Waals surface area (Å²) in [6.45, 7) is 2.08. The second kappa shape index (κ2) is 10.4. The Morgan fingerprint density at radius 2 is 1.60 bits per heavy atom. The molecule has 1 aliphatic carbocycles. The third-order valence-electron chi connectivity index (χ3n) is 6.43. The summed E-state index contributed by atoms with van der Waals surface area (Å²) in [7, 11) is 1.59. The Morgan fingerprint density at radius 1 is 0.971 bits per heavy atom. The van der Waals surface area contributed by atoms with Crippen LogP contribution in [0.15, 0.2) is 72.8 Å². The lowest BCUT2D eigenvalue weighted by molar-refractivity contribution is -0.118. The maximum Gasteiger partial charge on any atom is 0.407 e. The number of rotatable bonds is 8. The van der Waals surface area contributed by atoms with Crippen LogP contribution in [0.25, 0.3) is 11.1 Å². The predicted molar refractivity (Wildman–Crippen MR) is 134 cm³/mol. The van der Waals surface area contributed by atoms with E-state index in [0.717, 1.165) is 22.3 Å². The van der Waals surface area contributed by atoms with E-state index in [1.807, 2.05) is 31.2 Å². The van der Waals surface area contributed by atoms with Crippen molar-refractivity contribution in [3.63, 3.8) is 0 Å². The predicted octanol–water partition coefficient (Wildman–Crippen LogP) is 5.06. The van der Waals surface area contributed by atoms with Crippen LogP contribution in [-0.4, -0.2) is 42.8 Å². The largest absolute Gasteiger partial charge is 0.478 e. The Morgan fingerprint density at radius 3 is 2.20 bits per heavy atom. The molecule has 7 heteroatoms. The summed E-state index contributed by atoms with van der Waals surface area (Å²) in [5.41, 5.74) is 5.16. The summed E-state index contributed by atoms with van der Waals surface area (Å²) < 4.78 is 5.60. The topological polar surface area (TPSA) is 95.9 Å². The maximum absolute atomic E-state index is 12.8. The van der Waals surface area contributed by atoms with Crippen LogP contribution in [0.3, 0.4) is 0 Å². The van der Waals surface area contributed by atoms with Gasteiger partial charge in [0.05, 0.1) is 5.56 Å². The SMILES string of the molecule is CCC(CC(=O)N(C)c1cccc(C(=O)O)c1)NC(=O)OCC1c2ccccc2-c2ccccc21. The zero-order chi connectivity index (χ0) is 24.9. The van der Waals surface area contributed by atoms with E-state index in [1.54, 1.807) is 19.2 Å². The van der Waals surface area contributed by atoms with E-state index in [0.29, 0.717) is 12.1 Å². The van der Waals surface area contributed by atoms with Crippen molar-refractivity contribution in [2.45, 2.75) is 31.7 Å². The molecule has 4 rings (SSSR count). The second-order valence-electron chi connectivity index (χ2n) is 8.59. The number of carboxylic acids is 1. The van der Waals surface area contributed by atoms with Crippen molar-refractivity contribution in [2.75, 3.05) is 18.6 Å².